The molecule has 0 atom stereocenters. The second kappa shape index (κ2) is 2.74. The molecule has 0 aromatic heterocycles. The van der Waals surface area contributed by atoms with Crippen molar-refractivity contribution in [1.82, 2.24) is 5.32 Å². The Labute approximate surface area is 51.5 Å². The average Bonchev–Trinajstić information content (AvgIpc) is 1.67. The molecular weight excluding hydrogens is 98.1 g/mol. The fourth-order valence-electron chi connectivity index (χ4n) is 0.283. The molecule has 0 heterocycles. The Bertz CT molecular complexity index is 114. The Morgan fingerprint density at radius 3 is 2.12 bits per heavy atom. The highest BCUT2D eigenvalue weighted by molar-refractivity contribution is 5.14. The smallest absolute Gasteiger partial charge is 0.0741 e. The summed E-state index contributed by atoms with van der Waals surface area (Å²) >= 11 is 0. The van der Waals surface area contributed by atoms with Crippen molar-refractivity contribution in [3.63, 3.8) is 0 Å². The van der Waals surface area contributed by atoms with Gasteiger partial charge >= 0.3 is 0 Å². The molecule has 0 aliphatic heterocycles. The van der Waals surface area contributed by atoms with Crippen LogP contribution < -0.4 is 5.32 Å². The van der Waals surface area contributed by atoms with Crippen LogP contribution in [0.5, 0.6) is 0 Å². The number of rotatable bonds is 1. The van der Waals surface area contributed by atoms with Gasteiger partial charge in [-0.3, -0.25) is 0 Å². The molecule has 45 valence electrons. The molecule has 1 nitrogen and oxygen atoms in total. The lowest BCUT2D eigenvalue weighted by molar-refractivity contribution is 0.548. The Hall–Kier alpha value is -0.480. The van der Waals surface area contributed by atoms with Crippen molar-refractivity contribution in [3.05, 3.63) is 6.92 Å². The molecule has 0 saturated carbocycles. The summed E-state index contributed by atoms with van der Waals surface area (Å²) in [5.74, 6) is 5.50. The van der Waals surface area contributed by atoms with Crippen LogP contribution in [0.25, 0.3) is 0 Å². The Morgan fingerprint density at radius 2 is 2.00 bits per heavy atom. The zero-order valence-corrected chi connectivity index (χ0v) is 5.71. The van der Waals surface area contributed by atoms with Crippen LogP contribution in [0.4, 0.5) is 0 Å². The first-order valence-electron chi connectivity index (χ1n) is 2.60. The van der Waals surface area contributed by atoms with E-state index in [9.17, 15) is 0 Å². The third-order valence-electron chi connectivity index (χ3n) is 1.03. The highest BCUT2D eigenvalue weighted by Crippen LogP contribution is 1.95. The maximum absolute atomic E-state index is 3.42. The van der Waals surface area contributed by atoms with Crippen molar-refractivity contribution in [1.29, 1.82) is 0 Å². The van der Waals surface area contributed by atoms with Crippen molar-refractivity contribution in [3.8, 4) is 11.8 Å². The predicted octanol–water partition coefficient (Wildman–Crippen LogP) is 0.822. The van der Waals surface area contributed by atoms with Crippen LogP contribution in [0.1, 0.15) is 13.8 Å². The van der Waals surface area contributed by atoms with Gasteiger partial charge in [0, 0.05) is 6.92 Å². The monoisotopic (exact) mass is 110 g/mol. The first-order chi connectivity index (χ1) is 3.62. The van der Waals surface area contributed by atoms with Gasteiger partial charge in [-0.1, -0.05) is 5.92 Å². The van der Waals surface area contributed by atoms with Crippen LogP contribution in [-0.4, -0.2) is 12.6 Å². The van der Waals surface area contributed by atoms with Gasteiger partial charge in [-0.2, -0.15) is 0 Å². The zero-order chi connectivity index (χ0) is 6.62. The van der Waals surface area contributed by atoms with Gasteiger partial charge in [0.2, 0.25) is 0 Å². The topological polar surface area (TPSA) is 12.0 Å². The van der Waals surface area contributed by atoms with Crippen LogP contribution in [-0.2, 0) is 0 Å². The van der Waals surface area contributed by atoms with Crippen LogP contribution >= 0.6 is 0 Å². The summed E-state index contributed by atoms with van der Waals surface area (Å²) in [6, 6.07) is 0. The number of hydrogen-bond acceptors (Lipinski definition) is 1. The van der Waals surface area contributed by atoms with Gasteiger partial charge in [0.15, 0.2) is 0 Å². The molecule has 0 unspecified atom stereocenters. The average molecular weight is 110 g/mol. The molecular formula is C7H12N. The molecule has 0 aromatic rings. The minimum absolute atomic E-state index is 0.0816. The summed E-state index contributed by atoms with van der Waals surface area (Å²) in [6.07, 6.45) is 0. The molecule has 0 rings (SSSR count). The highest BCUT2D eigenvalue weighted by Gasteiger charge is 2.07. The van der Waals surface area contributed by atoms with Gasteiger partial charge < -0.3 is 5.32 Å². The lowest BCUT2D eigenvalue weighted by Gasteiger charge is -2.14. The lowest BCUT2D eigenvalue weighted by Crippen LogP contribution is -2.34. The van der Waals surface area contributed by atoms with E-state index in [1.807, 2.05) is 20.9 Å². The summed E-state index contributed by atoms with van der Waals surface area (Å²) in [6.45, 7) is 7.43. The molecule has 1 heteroatoms. The van der Waals surface area contributed by atoms with Crippen molar-refractivity contribution in [2.24, 2.45) is 0 Å². The molecule has 1 radical (unpaired) electrons. The second-order valence-electron chi connectivity index (χ2n) is 2.18. The van der Waals surface area contributed by atoms with Crippen molar-refractivity contribution >= 4 is 0 Å². The van der Waals surface area contributed by atoms with E-state index in [2.05, 4.69) is 24.1 Å². The maximum atomic E-state index is 3.42. The molecule has 1 N–H and O–H groups in total. The minimum atomic E-state index is -0.0816. The Morgan fingerprint density at radius 1 is 1.50 bits per heavy atom. The minimum Gasteiger partial charge on any atom is -0.305 e. The zero-order valence-electron chi connectivity index (χ0n) is 5.71. The van der Waals surface area contributed by atoms with Crippen molar-refractivity contribution < 1.29 is 0 Å². The normalized spacial score (nSPS) is 10.0. The van der Waals surface area contributed by atoms with Gasteiger partial charge in [0.05, 0.1) is 5.54 Å². The first kappa shape index (κ1) is 7.52. The molecule has 0 aliphatic rings. The standard InChI is InChI=1S/C7H12N/c1-5-6-7(2,3)8-4/h8H,1H2,2-4H3. The molecule has 0 fully saturated rings. The second-order valence-corrected chi connectivity index (χ2v) is 2.18. The van der Waals surface area contributed by atoms with E-state index in [4.69, 9.17) is 0 Å². The van der Waals surface area contributed by atoms with E-state index in [0.717, 1.165) is 0 Å². The molecule has 0 bridgehead atoms. The maximum Gasteiger partial charge on any atom is 0.0741 e. The van der Waals surface area contributed by atoms with E-state index in [-0.39, 0.29) is 5.54 Å². The molecule has 0 saturated heterocycles. The highest BCUT2D eigenvalue weighted by atomic mass is 14.9. The van der Waals surface area contributed by atoms with E-state index in [1.165, 1.54) is 0 Å². The number of nitrogens with one attached hydrogen (secondary N) is 1. The third kappa shape index (κ3) is 2.65. The summed E-state index contributed by atoms with van der Waals surface area (Å²) in [4.78, 5) is 0. The van der Waals surface area contributed by atoms with Gasteiger partial charge in [-0.25, -0.2) is 0 Å². The molecule has 0 aromatic carbocycles. The largest absolute Gasteiger partial charge is 0.305 e. The summed E-state index contributed by atoms with van der Waals surface area (Å²) in [5.41, 5.74) is -0.0816. The van der Waals surface area contributed by atoms with Gasteiger partial charge in [0.1, 0.15) is 0 Å². The van der Waals surface area contributed by atoms with E-state index < -0.39 is 0 Å². The van der Waals surface area contributed by atoms with E-state index in [0.29, 0.717) is 0 Å². The fourth-order valence-corrected chi connectivity index (χ4v) is 0.283. The Balaban J connectivity index is 3.85. The van der Waals surface area contributed by atoms with Crippen LogP contribution in [0, 0.1) is 18.8 Å². The summed E-state index contributed by atoms with van der Waals surface area (Å²) < 4.78 is 0. The summed E-state index contributed by atoms with van der Waals surface area (Å²) in [5, 5.41) is 3.03. The van der Waals surface area contributed by atoms with Crippen molar-refractivity contribution in [2.75, 3.05) is 7.05 Å². The molecule has 8 heavy (non-hydrogen) atoms. The quantitative estimate of drug-likeness (QED) is 0.493. The van der Waals surface area contributed by atoms with E-state index in [1.54, 1.807) is 0 Å². The number of hydrogen-bond donors (Lipinski definition) is 1. The molecule has 0 aliphatic carbocycles. The molecule has 0 spiro atoms. The first-order valence-corrected chi connectivity index (χ1v) is 2.60. The fraction of sp³-hybridized carbons (Fsp3) is 0.571. The van der Waals surface area contributed by atoms with E-state index >= 15 is 0 Å². The van der Waals surface area contributed by atoms with Gasteiger partial charge in [-0.05, 0) is 20.9 Å². The van der Waals surface area contributed by atoms with Crippen LogP contribution in [0.2, 0.25) is 0 Å². The predicted molar refractivity (Wildman–Crippen MR) is 36.3 cm³/mol. The van der Waals surface area contributed by atoms with Gasteiger partial charge in [0.25, 0.3) is 0 Å². The summed E-state index contributed by atoms with van der Waals surface area (Å²) in [7, 11) is 1.88. The third-order valence-corrected chi connectivity index (χ3v) is 1.03. The SMILES string of the molecule is [CH2]C#CC(C)(C)NC. The molecule has 0 amide bonds. The Kier molecular flexibility index (Phi) is 2.57. The van der Waals surface area contributed by atoms with Crippen LogP contribution in [0.3, 0.4) is 0 Å². The van der Waals surface area contributed by atoms with Crippen LogP contribution in [0.15, 0.2) is 0 Å². The lowest BCUT2D eigenvalue weighted by atomic mass is 10.1. The van der Waals surface area contributed by atoms with Crippen molar-refractivity contribution in [2.45, 2.75) is 19.4 Å². The van der Waals surface area contributed by atoms with Gasteiger partial charge in [-0.15, -0.1) is 5.92 Å².